The second kappa shape index (κ2) is 11.2. The van der Waals surface area contributed by atoms with E-state index < -0.39 is 11.9 Å². The van der Waals surface area contributed by atoms with Crippen molar-refractivity contribution in [1.82, 2.24) is 14.7 Å². The van der Waals surface area contributed by atoms with Crippen LogP contribution in [-0.4, -0.2) is 46.8 Å². The minimum atomic E-state index is -0.408. The van der Waals surface area contributed by atoms with Crippen molar-refractivity contribution in [2.75, 3.05) is 30.8 Å². The molecule has 0 aliphatic heterocycles. The third kappa shape index (κ3) is 5.87. The maximum absolute atomic E-state index is 13.5. The van der Waals surface area contributed by atoms with Gasteiger partial charge in [-0.15, -0.1) is 0 Å². The van der Waals surface area contributed by atoms with E-state index in [1.807, 2.05) is 30.3 Å². The van der Waals surface area contributed by atoms with Crippen molar-refractivity contribution in [3.05, 3.63) is 90.7 Å². The van der Waals surface area contributed by atoms with Crippen LogP contribution in [0.2, 0.25) is 0 Å². The number of aromatic nitrogens is 2. The summed E-state index contributed by atoms with van der Waals surface area (Å²) in [6.07, 6.45) is 0. The van der Waals surface area contributed by atoms with Crippen LogP contribution in [0.25, 0.3) is 16.9 Å². The second-order valence-corrected chi connectivity index (χ2v) is 7.89. The number of likely N-dealkylation sites (N-methyl/N-ethyl adjacent to an activating group) is 1. The van der Waals surface area contributed by atoms with Gasteiger partial charge < -0.3 is 20.3 Å². The number of carbonyl (C=O) groups is 2. The monoisotopic (exact) mass is 487 g/mol. The number of hydrogen-bond donors (Lipinski definition) is 2. The SMILES string of the molecule is CCN(CC(=O)Nc1cc(-c2ccccc2)nn1-c1ccc(F)cc1)C(=O)Nc1ccc(OC)cc1. The second-order valence-electron chi connectivity index (χ2n) is 7.89. The van der Waals surface area contributed by atoms with Crippen molar-refractivity contribution in [1.29, 1.82) is 0 Å². The van der Waals surface area contributed by atoms with E-state index in [1.54, 1.807) is 56.5 Å². The Balaban J connectivity index is 1.51. The molecule has 3 aromatic carbocycles. The summed E-state index contributed by atoms with van der Waals surface area (Å²) in [5.74, 6) is 0.301. The topological polar surface area (TPSA) is 88.5 Å². The largest absolute Gasteiger partial charge is 0.497 e. The molecule has 4 rings (SSSR count). The fourth-order valence-corrected chi connectivity index (χ4v) is 3.56. The molecule has 9 heteroatoms. The number of benzene rings is 3. The zero-order valence-electron chi connectivity index (χ0n) is 19.9. The van der Waals surface area contributed by atoms with Crippen LogP contribution in [0.3, 0.4) is 0 Å². The van der Waals surface area contributed by atoms with Crippen LogP contribution in [0, 0.1) is 5.82 Å². The number of ether oxygens (including phenoxy) is 1. The Morgan fingerprint density at radius 3 is 2.31 bits per heavy atom. The van der Waals surface area contributed by atoms with Crippen molar-refractivity contribution in [2.45, 2.75) is 6.92 Å². The van der Waals surface area contributed by atoms with Crippen molar-refractivity contribution >= 4 is 23.4 Å². The predicted octanol–water partition coefficient (Wildman–Crippen LogP) is 5.18. The lowest BCUT2D eigenvalue weighted by molar-refractivity contribution is -0.116. The molecule has 1 aromatic heterocycles. The van der Waals surface area contributed by atoms with Crippen LogP contribution in [0.1, 0.15) is 6.92 Å². The van der Waals surface area contributed by atoms with Crippen LogP contribution in [-0.2, 0) is 4.79 Å². The lowest BCUT2D eigenvalue weighted by Crippen LogP contribution is -2.40. The summed E-state index contributed by atoms with van der Waals surface area (Å²) in [7, 11) is 1.57. The predicted molar refractivity (Wildman–Crippen MR) is 137 cm³/mol. The molecular formula is C27H26FN5O3. The Labute approximate surface area is 208 Å². The van der Waals surface area contributed by atoms with Gasteiger partial charge in [-0.2, -0.15) is 5.10 Å². The van der Waals surface area contributed by atoms with Gasteiger partial charge in [0.25, 0.3) is 0 Å². The zero-order chi connectivity index (χ0) is 25.5. The van der Waals surface area contributed by atoms with Crippen molar-refractivity contribution in [3.8, 4) is 22.7 Å². The molecule has 3 amide bonds. The van der Waals surface area contributed by atoms with Crippen molar-refractivity contribution in [2.24, 2.45) is 0 Å². The summed E-state index contributed by atoms with van der Waals surface area (Å²) in [5, 5.41) is 10.2. The maximum atomic E-state index is 13.5. The van der Waals surface area contributed by atoms with Gasteiger partial charge in [0.2, 0.25) is 5.91 Å². The summed E-state index contributed by atoms with van der Waals surface area (Å²) >= 11 is 0. The fraction of sp³-hybridized carbons (Fsp3) is 0.148. The van der Waals surface area contributed by atoms with Gasteiger partial charge >= 0.3 is 6.03 Å². The summed E-state index contributed by atoms with van der Waals surface area (Å²) < 4.78 is 20.1. The van der Waals surface area contributed by atoms with Gasteiger partial charge in [0.1, 0.15) is 23.9 Å². The van der Waals surface area contributed by atoms with Crippen molar-refractivity contribution in [3.63, 3.8) is 0 Å². The standard InChI is InChI=1S/C27H26FN5O3/c1-3-32(27(35)29-21-11-15-23(36-2)16-12-21)18-26(34)30-25-17-24(19-7-5-4-6-8-19)31-33(25)22-13-9-20(28)10-14-22/h4-17H,3,18H2,1-2H3,(H,29,35)(H,30,34). The van der Waals surface area contributed by atoms with Crippen LogP contribution in [0.5, 0.6) is 5.75 Å². The first kappa shape index (κ1) is 24.5. The zero-order valence-corrected chi connectivity index (χ0v) is 19.9. The highest BCUT2D eigenvalue weighted by Crippen LogP contribution is 2.25. The minimum Gasteiger partial charge on any atom is -0.497 e. The molecule has 0 bridgehead atoms. The molecule has 0 aliphatic carbocycles. The van der Waals surface area contributed by atoms with E-state index >= 15 is 0 Å². The molecule has 184 valence electrons. The molecule has 0 unspecified atom stereocenters. The van der Waals surface area contributed by atoms with Gasteiger partial charge in [-0.3, -0.25) is 4.79 Å². The average molecular weight is 488 g/mol. The summed E-state index contributed by atoms with van der Waals surface area (Å²) in [6, 6.07) is 23.6. The lowest BCUT2D eigenvalue weighted by Gasteiger charge is -2.21. The van der Waals surface area contributed by atoms with Gasteiger partial charge in [-0.1, -0.05) is 30.3 Å². The molecule has 0 radical (unpaired) electrons. The average Bonchev–Trinajstić information content (AvgIpc) is 3.32. The van der Waals surface area contributed by atoms with Crippen LogP contribution >= 0.6 is 0 Å². The number of halogens is 1. The molecule has 1 heterocycles. The summed E-state index contributed by atoms with van der Waals surface area (Å²) in [6.45, 7) is 1.94. The Morgan fingerprint density at radius 1 is 0.972 bits per heavy atom. The first-order chi connectivity index (χ1) is 17.5. The summed E-state index contributed by atoms with van der Waals surface area (Å²) in [4.78, 5) is 27.1. The Morgan fingerprint density at radius 2 is 1.67 bits per heavy atom. The van der Waals surface area contributed by atoms with Crippen LogP contribution < -0.4 is 15.4 Å². The molecule has 36 heavy (non-hydrogen) atoms. The molecule has 4 aromatic rings. The lowest BCUT2D eigenvalue weighted by atomic mass is 10.1. The number of rotatable bonds is 8. The fourth-order valence-electron chi connectivity index (χ4n) is 3.56. The van der Waals surface area contributed by atoms with Crippen LogP contribution in [0.4, 0.5) is 20.7 Å². The highest BCUT2D eigenvalue weighted by atomic mass is 19.1. The Bertz CT molecular complexity index is 1320. The highest BCUT2D eigenvalue weighted by molar-refractivity contribution is 5.97. The molecule has 0 fully saturated rings. The number of hydrogen-bond acceptors (Lipinski definition) is 4. The van der Waals surface area contributed by atoms with Gasteiger partial charge in [-0.05, 0) is 55.5 Å². The van der Waals surface area contributed by atoms with E-state index in [4.69, 9.17) is 4.74 Å². The van der Waals surface area contributed by atoms with Gasteiger partial charge in [0, 0.05) is 23.9 Å². The molecule has 2 N–H and O–H groups in total. The van der Waals surface area contributed by atoms with Gasteiger partial charge in [-0.25, -0.2) is 13.9 Å². The smallest absolute Gasteiger partial charge is 0.322 e. The van der Waals surface area contributed by atoms with E-state index in [9.17, 15) is 14.0 Å². The molecule has 0 saturated carbocycles. The minimum absolute atomic E-state index is 0.173. The Hall–Kier alpha value is -4.66. The normalized spacial score (nSPS) is 10.5. The number of nitrogens with one attached hydrogen (secondary N) is 2. The third-order valence-corrected chi connectivity index (χ3v) is 5.46. The number of methoxy groups -OCH3 is 1. The molecular weight excluding hydrogens is 461 g/mol. The van der Waals surface area contributed by atoms with Crippen LogP contribution in [0.15, 0.2) is 84.9 Å². The van der Waals surface area contributed by atoms with Gasteiger partial charge in [0.05, 0.1) is 18.5 Å². The number of urea groups is 1. The molecule has 0 atom stereocenters. The quantitative estimate of drug-likeness (QED) is 0.359. The Kier molecular flexibility index (Phi) is 7.60. The molecule has 8 nitrogen and oxygen atoms in total. The highest BCUT2D eigenvalue weighted by Gasteiger charge is 2.19. The van der Waals surface area contributed by atoms with E-state index in [-0.39, 0.29) is 12.4 Å². The maximum Gasteiger partial charge on any atom is 0.322 e. The third-order valence-electron chi connectivity index (χ3n) is 5.46. The van der Waals surface area contributed by atoms with E-state index in [1.165, 1.54) is 21.7 Å². The number of nitrogens with zero attached hydrogens (tertiary/aromatic N) is 3. The molecule has 0 spiro atoms. The van der Waals surface area contributed by atoms with E-state index in [0.717, 1.165) is 5.56 Å². The summed E-state index contributed by atoms with van der Waals surface area (Å²) in [5.41, 5.74) is 2.67. The van der Waals surface area contributed by atoms with E-state index in [2.05, 4.69) is 15.7 Å². The first-order valence-corrected chi connectivity index (χ1v) is 11.4. The number of anilines is 2. The molecule has 0 saturated heterocycles. The molecule has 0 aliphatic rings. The van der Waals surface area contributed by atoms with E-state index in [0.29, 0.717) is 35.2 Å². The number of carbonyl (C=O) groups excluding carboxylic acids is 2. The number of amides is 3. The van der Waals surface area contributed by atoms with Gasteiger partial charge in [0.15, 0.2) is 0 Å². The first-order valence-electron chi connectivity index (χ1n) is 11.4. The van der Waals surface area contributed by atoms with Crippen molar-refractivity contribution < 1.29 is 18.7 Å².